The molecule has 7 heteroatoms. The zero-order valence-electron chi connectivity index (χ0n) is 17.3. The van der Waals surface area contributed by atoms with Gasteiger partial charge in [0, 0.05) is 6.54 Å². The van der Waals surface area contributed by atoms with E-state index in [-0.39, 0.29) is 12.0 Å². The molecule has 1 fully saturated rings. The lowest BCUT2D eigenvalue weighted by molar-refractivity contribution is 0.0927. The third-order valence-corrected chi connectivity index (χ3v) is 5.46. The molecule has 0 spiro atoms. The highest BCUT2D eigenvalue weighted by atomic mass is 16.5. The molecule has 0 bridgehead atoms. The van der Waals surface area contributed by atoms with Crippen molar-refractivity contribution in [2.24, 2.45) is 0 Å². The van der Waals surface area contributed by atoms with Gasteiger partial charge in [0.05, 0.1) is 23.0 Å². The maximum absolute atomic E-state index is 12.6. The molecule has 1 heterocycles. The molecule has 3 aromatic rings. The summed E-state index contributed by atoms with van der Waals surface area (Å²) in [5, 5.41) is 17.0. The van der Waals surface area contributed by atoms with Crippen LogP contribution in [0.4, 0.5) is 5.82 Å². The lowest BCUT2D eigenvalue weighted by atomic mass is 9.96. The number of amides is 1. The number of para-hydroxylation sites is 2. The van der Waals surface area contributed by atoms with Crippen molar-refractivity contribution in [2.75, 3.05) is 12.3 Å². The zero-order valence-corrected chi connectivity index (χ0v) is 17.3. The molecule has 1 aliphatic carbocycles. The van der Waals surface area contributed by atoms with Crippen molar-refractivity contribution in [1.82, 2.24) is 15.1 Å². The summed E-state index contributed by atoms with van der Waals surface area (Å²) in [6.45, 7) is 0.458. The summed E-state index contributed by atoms with van der Waals surface area (Å²) in [7, 11) is 0. The van der Waals surface area contributed by atoms with Gasteiger partial charge in [-0.25, -0.2) is 4.68 Å². The van der Waals surface area contributed by atoms with Crippen molar-refractivity contribution in [3.8, 4) is 17.5 Å². The minimum absolute atomic E-state index is 0.162. The molecule has 1 saturated carbocycles. The van der Waals surface area contributed by atoms with Crippen molar-refractivity contribution in [2.45, 2.75) is 38.2 Å². The monoisotopic (exact) mass is 415 g/mol. The van der Waals surface area contributed by atoms with E-state index in [2.05, 4.69) is 16.5 Å². The molecule has 0 radical (unpaired) electrons. The van der Waals surface area contributed by atoms with Crippen LogP contribution >= 0.6 is 0 Å². The first kappa shape index (κ1) is 20.5. The average molecular weight is 415 g/mol. The molecule has 0 atom stereocenters. The van der Waals surface area contributed by atoms with E-state index in [1.165, 1.54) is 6.42 Å². The minimum atomic E-state index is -0.162. The van der Waals surface area contributed by atoms with E-state index in [0.717, 1.165) is 18.5 Å². The van der Waals surface area contributed by atoms with Gasteiger partial charge < -0.3 is 15.8 Å². The van der Waals surface area contributed by atoms with E-state index in [4.69, 9.17) is 10.5 Å². The number of nitrogen functional groups attached to an aromatic ring is 1. The first-order chi connectivity index (χ1) is 15.2. The molecule has 31 heavy (non-hydrogen) atoms. The Balaban J connectivity index is 1.36. The number of carbonyl (C=O) groups excluding carboxylic acids is 1. The fourth-order valence-electron chi connectivity index (χ4n) is 3.52. The maximum Gasteiger partial charge on any atom is 0.255 e. The molecule has 3 N–H and O–H groups in total. The third-order valence-electron chi connectivity index (χ3n) is 5.46. The zero-order chi connectivity index (χ0) is 21.6. The van der Waals surface area contributed by atoms with E-state index in [1.807, 2.05) is 48.5 Å². The highest BCUT2D eigenvalue weighted by Gasteiger charge is 2.22. The van der Waals surface area contributed by atoms with Gasteiger partial charge in [-0.15, -0.1) is 0 Å². The molecule has 158 valence electrons. The van der Waals surface area contributed by atoms with Gasteiger partial charge in [-0.05, 0) is 56.4 Å². The van der Waals surface area contributed by atoms with Crippen LogP contribution in [-0.4, -0.2) is 28.3 Å². The second kappa shape index (κ2) is 9.35. The Hall–Kier alpha value is -3.79. The summed E-state index contributed by atoms with van der Waals surface area (Å²) in [6.07, 6.45) is 4.63. The number of nitrogens with zero attached hydrogens (tertiary/aromatic N) is 3. The summed E-state index contributed by atoms with van der Waals surface area (Å²) in [4.78, 5) is 12.6. The number of nitrogens with two attached hydrogens (primary N) is 1. The minimum Gasteiger partial charge on any atom is -0.490 e. The number of aryl methyl sites for hydroxylation is 1. The molecule has 1 aliphatic rings. The van der Waals surface area contributed by atoms with E-state index in [9.17, 15) is 10.1 Å². The SMILES string of the molecule is N#Cc1c(CCCNC(=O)c2ccccc2OC2CCC2)nn(-c2ccccc2)c1N. The smallest absolute Gasteiger partial charge is 0.255 e. The summed E-state index contributed by atoms with van der Waals surface area (Å²) in [5.41, 5.74) is 8.51. The van der Waals surface area contributed by atoms with Gasteiger partial charge in [-0.2, -0.15) is 10.4 Å². The standard InChI is InChI=1S/C24H25N5O2/c25-16-20-21(28-29(23(20)26)17-8-2-1-3-9-17)13-7-15-27-24(30)19-12-4-5-14-22(19)31-18-10-6-11-18/h1-5,8-9,12,14,18H,6-7,10-11,13,15,26H2,(H,27,30). The van der Waals surface area contributed by atoms with Gasteiger partial charge >= 0.3 is 0 Å². The second-order valence-electron chi connectivity index (χ2n) is 7.59. The first-order valence-corrected chi connectivity index (χ1v) is 10.5. The van der Waals surface area contributed by atoms with Crippen LogP contribution in [0, 0.1) is 11.3 Å². The fourth-order valence-corrected chi connectivity index (χ4v) is 3.52. The van der Waals surface area contributed by atoms with Gasteiger partial charge in [0.25, 0.3) is 5.91 Å². The largest absolute Gasteiger partial charge is 0.490 e. The van der Waals surface area contributed by atoms with Gasteiger partial charge in [0.15, 0.2) is 0 Å². The molecule has 2 aromatic carbocycles. The number of anilines is 1. The number of nitrogens with one attached hydrogen (secondary N) is 1. The fraction of sp³-hybridized carbons (Fsp3) is 0.292. The van der Waals surface area contributed by atoms with Crippen LogP contribution in [0.2, 0.25) is 0 Å². The molecule has 0 unspecified atom stereocenters. The highest BCUT2D eigenvalue weighted by molar-refractivity contribution is 5.96. The highest BCUT2D eigenvalue weighted by Crippen LogP contribution is 2.27. The summed E-state index contributed by atoms with van der Waals surface area (Å²) >= 11 is 0. The van der Waals surface area contributed by atoms with Crippen molar-refractivity contribution in [3.05, 3.63) is 71.4 Å². The van der Waals surface area contributed by atoms with Crippen LogP contribution in [0.15, 0.2) is 54.6 Å². The molecule has 0 aliphatic heterocycles. The normalized spacial score (nSPS) is 13.3. The number of carbonyl (C=O) groups is 1. The Labute approximate surface area is 181 Å². The number of rotatable bonds is 8. The van der Waals surface area contributed by atoms with Crippen molar-refractivity contribution < 1.29 is 9.53 Å². The van der Waals surface area contributed by atoms with E-state index in [0.29, 0.717) is 47.8 Å². The number of benzene rings is 2. The third kappa shape index (κ3) is 4.53. The molecule has 0 saturated heterocycles. The summed E-state index contributed by atoms with van der Waals surface area (Å²) in [6, 6.07) is 18.9. The lowest BCUT2D eigenvalue weighted by Gasteiger charge is -2.27. The van der Waals surface area contributed by atoms with Gasteiger partial charge in [0.1, 0.15) is 23.2 Å². The van der Waals surface area contributed by atoms with Crippen LogP contribution < -0.4 is 15.8 Å². The Kier molecular flexibility index (Phi) is 6.18. The predicted molar refractivity (Wildman–Crippen MR) is 118 cm³/mol. The van der Waals surface area contributed by atoms with Gasteiger partial charge in [0.2, 0.25) is 0 Å². The van der Waals surface area contributed by atoms with Crippen molar-refractivity contribution in [1.29, 1.82) is 5.26 Å². The number of hydrogen-bond donors (Lipinski definition) is 2. The molecule has 1 aromatic heterocycles. The van der Waals surface area contributed by atoms with Gasteiger partial charge in [-0.1, -0.05) is 30.3 Å². The maximum atomic E-state index is 12.6. The van der Waals surface area contributed by atoms with Gasteiger partial charge in [-0.3, -0.25) is 4.79 Å². The lowest BCUT2D eigenvalue weighted by Crippen LogP contribution is -2.28. The molecular formula is C24H25N5O2. The van der Waals surface area contributed by atoms with E-state index >= 15 is 0 Å². The Bertz CT molecular complexity index is 1100. The number of hydrogen-bond acceptors (Lipinski definition) is 5. The molecule has 4 rings (SSSR count). The predicted octanol–water partition coefficient (Wildman–Crippen LogP) is 3.62. The topological polar surface area (TPSA) is 106 Å². The summed E-state index contributed by atoms with van der Waals surface area (Å²) < 4.78 is 7.53. The van der Waals surface area contributed by atoms with Crippen molar-refractivity contribution >= 4 is 11.7 Å². The Morgan fingerprint density at radius 3 is 2.65 bits per heavy atom. The summed E-state index contributed by atoms with van der Waals surface area (Å²) in [5.74, 6) is 0.797. The van der Waals surface area contributed by atoms with Crippen LogP contribution in [0.25, 0.3) is 5.69 Å². The molecule has 7 nitrogen and oxygen atoms in total. The quantitative estimate of drug-likeness (QED) is 0.547. The van der Waals surface area contributed by atoms with Crippen LogP contribution in [0.5, 0.6) is 5.75 Å². The van der Waals surface area contributed by atoms with Crippen molar-refractivity contribution in [3.63, 3.8) is 0 Å². The van der Waals surface area contributed by atoms with Crippen LogP contribution in [-0.2, 0) is 6.42 Å². The van der Waals surface area contributed by atoms with Crippen LogP contribution in [0.1, 0.15) is 47.3 Å². The molecule has 1 amide bonds. The Morgan fingerprint density at radius 1 is 1.19 bits per heavy atom. The molecular weight excluding hydrogens is 390 g/mol. The number of aromatic nitrogens is 2. The first-order valence-electron chi connectivity index (χ1n) is 10.5. The number of ether oxygens (including phenoxy) is 1. The second-order valence-corrected chi connectivity index (χ2v) is 7.59. The number of nitriles is 1. The Morgan fingerprint density at radius 2 is 1.94 bits per heavy atom. The van der Waals surface area contributed by atoms with Crippen LogP contribution in [0.3, 0.4) is 0 Å². The average Bonchev–Trinajstić information content (AvgIpc) is 3.09. The van der Waals surface area contributed by atoms with E-state index < -0.39 is 0 Å². The van der Waals surface area contributed by atoms with E-state index in [1.54, 1.807) is 10.7 Å².